The molecule has 0 bridgehead atoms. The zero-order chi connectivity index (χ0) is 14.5. The van der Waals surface area contributed by atoms with Crippen LogP contribution in [0.1, 0.15) is 57.4 Å². The third-order valence-electron chi connectivity index (χ3n) is 5.18. The van der Waals surface area contributed by atoms with Gasteiger partial charge in [-0.25, -0.2) is 0 Å². The second-order valence-corrected chi connectivity index (χ2v) is 6.63. The average molecular weight is 287 g/mol. The first-order valence-electron chi connectivity index (χ1n) is 8.80. The lowest BCUT2D eigenvalue weighted by molar-refractivity contribution is 0.430. The molecule has 116 valence electrons. The molecular formula is C18H29N3. The van der Waals surface area contributed by atoms with E-state index in [9.17, 15) is 0 Å². The fourth-order valence-electron chi connectivity index (χ4n) is 4.15. The molecule has 1 aromatic heterocycles. The topological polar surface area (TPSA) is 28.2 Å². The molecular weight excluding hydrogens is 258 g/mol. The Balaban J connectivity index is 1.75. The van der Waals surface area contributed by atoms with Gasteiger partial charge in [0.1, 0.15) is 0 Å². The molecule has 3 nitrogen and oxygen atoms in total. The number of nitrogens with one attached hydrogen (secondary N) is 1. The molecule has 0 aromatic carbocycles. The smallest absolute Gasteiger partial charge is 0.0600 e. The fraction of sp³-hybridized carbons (Fsp3) is 0.722. The van der Waals surface area contributed by atoms with Crippen LogP contribution in [0.5, 0.6) is 0 Å². The first-order chi connectivity index (χ1) is 10.4. The molecule has 1 atom stereocenters. The highest BCUT2D eigenvalue weighted by molar-refractivity contribution is 5.53. The van der Waals surface area contributed by atoms with Crippen molar-refractivity contribution in [2.45, 2.75) is 64.5 Å². The van der Waals surface area contributed by atoms with Crippen molar-refractivity contribution < 1.29 is 0 Å². The normalized spacial score (nSPS) is 23.1. The SMILES string of the molecule is CCCNCc1ccncc1N1CCCC1C1CCCC1. The Kier molecular flexibility index (Phi) is 5.13. The van der Waals surface area contributed by atoms with Gasteiger partial charge in [0.05, 0.1) is 11.9 Å². The van der Waals surface area contributed by atoms with E-state index in [2.05, 4.69) is 34.4 Å². The molecule has 1 saturated carbocycles. The largest absolute Gasteiger partial charge is 0.367 e. The van der Waals surface area contributed by atoms with Crippen LogP contribution in [0.3, 0.4) is 0 Å². The van der Waals surface area contributed by atoms with Gasteiger partial charge in [0.2, 0.25) is 0 Å². The summed E-state index contributed by atoms with van der Waals surface area (Å²) in [6, 6.07) is 2.96. The van der Waals surface area contributed by atoms with E-state index in [4.69, 9.17) is 0 Å². The quantitative estimate of drug-likeness (QED) is 0.808. The molecule has 2 heterocycles. The first kappa shape index (κ1) is 14.8. The van der Waals surface area contributed by atoms with Crippen molar-refractivity contribution in [3.8, 4) is 0 Å². The van der Waals surface area contributed by atoms with E-state index < -0.39 is 0 Å². The number of rotatable bonds is 6. The molecule has 3 rings (SSSR count). The summed E-state index contributed by atoms with van der Waals surface area (Å²) in [6.45, 7) is 5.50. The molecule has 3 heteroatoms. The van der Waals surface area contributed by atoms with Crippen LogP contribution < -0.4 is 10.2 Å². The molecule has 1 unspecified atom stereocenters. The predicted molar refractivity (Wildman–Crippen MR) is 88.6 cm³/mol. The van der Waals surface area contributed by atoms with Gasteiger partial charge in [-0.05, 0) is 56.2 Å². The molecule has 1 aliphatic heterocycles. The summed E-state index contributed by atoms with van der Waals surface area (Å²) in [5.74, 6) is 0.921. The minimum Gasteiger partial charge on any atom is -0.367 e. The van der Waals surface area contributed by atoms with Crippen LogP contribution in [0.25, 0.3) is 0 Å². The summed E-state index contributed by atoms with van der Waals surface area (Å²) in [6.07, 6.45) is 13.7. The lowest BCUT2D eigenvalue weighted by Gasteiger charge is -2.32. The summed E-state index contributed by atoms with van der Waals surface area (Å²) >= 11 is 0. The maximum Gasteiger partial charge on any atom is 0.0600 e. The van der Waals surface area contributed by atoms with E-state index in [1.807, 2.05) is 6.20 Å². The molecule has 0 spiro atoms. The lowest BCUT2D eigenvalue weighted by atomic mass is 9.95. The maximum absolute atomic E-state index is 4.41. The van der Waals surface area contributed by atoms with E-state index in [0.29, 0.717) is 0 Å². The third kappa shape index (κ3) is 3.39. The minimum absolute atomic E-state index is 0.765. The number of nitrogens with zero attached hydrogens (tertiary/aromatic N) is 2. The number of pyridine rings is 1. The number of hydrogen-bond donors (Lipinski definition) is 1. The van der Waals surface area contributed by atoms with Gasteiger partial charge >= 0.3 is 0 Å². The molecule has 1 aromatic rings. The monoisotopic (exact) mass is 287 g/mol. The van der Waals surface area contributed by atoms with E-state index in [1.54, 1.807) is 0 Å². The van der Waals surface area contributed by atoms with Crippen LogP contribution in [0, 0.1) is 5.92 Å². The van der Waals surface area contributed by atoms with Crippen LogP contribution in [0.2, 0.25) is 0 Å². The van der Waals surface area contributed by atoms with Gasteiger partial charge in [-0.15, -0.1) is 0 Å². The summed E-state index contributed by atoms with van der Waals surface area (Å²) in [5.41, 5.74) is 2.80. The Hall–Kier alpha value is -1.09. The highest BCUT2D eigenvalue weighted by Crippen LogP contribution is 2.38. The van der Waals surface area contributed by atoms with Gasteiger partial charge in [-0.1, -0.05) is 19.8 Å². The molecule has 0 radical (unpaired) electrons. The molecule has 1 aliphatic carbocycles. The maximum atomic E-state index is 4.41. The van der Waals surface area contributed by atoms with Crippen molar-refractivity contribution in [2.75, 3.05) is 18.0 Å². The van der Waals surface area contributed by atoms with Gasteiger partial charge in [-0.2, -0.15) is 0 Å². The second kappa shape index (κ2) is 7.26. The van der Waals surface area contributed by atoms with E-state index in [1.165, 1.54) is 62.7 Å². The first-order valence-corrected chi connectivity index (χ1v) is 8.80. The van der Waals surface area contributed by atoms with Crippen molar-refractivity contribution in [3.63, 3.8) is 0 Å². The van der Waals surface area contributed by atoms with Gasteiger partial charge < -0.3 is 10.2 Å². The highest BCUT2D eigenvalue weighted by atomic mass is 15.2. The average Bonchev–Trinajstić information content (AvgIpc) is 3.19. The summed E-state index contributed by atoms with van der Waals surface area (Å²) in [7, 11) is 0. The van der Waals surface area contributed by atoms with E-state index >= 15 is 0 Å². The Morgan fingerprint density at radius 2 is 2.10 bits per heavy atom. The van der Waals surface area contributed by atoms with Crippen LogP contribution in [0.4, 0.5) is 5.69 Å². The van der Waals surface area contributed by atoms with Crippen molar-refractivity contribution in [1.29, 1.82) is 0 Å². The van der Waals surface area contributed by atoms with Gasteiger partial charge in [-0.3, -0.25) is 4.98 Å². The number of hydrogen-bond acceptors (Lipinski definition) is 3. The zero-order valence-corrected chi connectivity index (χ0v) is 13.4. The molecule has 1 saturated heterocycles. The lowest BCUT2D eigenvalue weighted by Crippen LogP contribution is -2.35. The van der Waals surface area contributed by atoms with Gasteiger partial charge in [0, 0.05) is 25.3 Å². The Morgan fingerprint density at radius 3 is 2.90 bits per heavy atom. The molecule has 2 aliphatic rings. The van der Waals surface area contributed by atoms with E-state index in [-0.39, 0.29) is 0 Å². The number of aromatic nitrogens is 1. The molecule has 0 amide bonds. The van der Waals surface area contributed by atoms with Crippen LogP contribution in [0.15, 0.2) is 18.5 Å². The number of anilines is 1. The zero-order valence-electron chi connectivity index (χ0n) is 13.4. The standard InChI is InChI=1S/C18H29N3/c1-2-10-19-13-16-9-11-20-14-18(16)21-12-5-8-17(21)15-6-3-4-7-15/h9,11,14-15,17,19H,2-8,10,12-13H2,1H3. The van der Waals surface area contributed by atoms with Crippen LogP contribution in [-0.2, 0) is 6.54 Å². The second-order valence-electron chi connectivity index (χ2n) is 6.63. The van der Waals surface area contributed by atoms with Crippen molar-refractivity contribution in [3.05, 3.63) is 24.0 Å². The van der Waals surface area contributed by atoms with Crippen molar-refractivity contribution in [1.82, 2.24) is 10.3 Å². The van der Waals surface area contributed by atoms with E-state index in [0.717, 1.165) is 25.0 Å². The van der Waals surface area contributed by atoms with Gasteiger partial charge in [0.15, 0.2) is 0 Å². The van der Waals surface area contributed by atoms with Crippen LogP contribution in [-0.4, -0.2) is 24.1 Å². The highest BCUT2D eigenvalue weighted by Gasteiger charge is 2.34. The molecule has 2 fully saturated rings. The minimum atomic E-state index is 0.765. The predicted octanol–water partition coefficient (Wildman–Crippen LogP) is 3.74. The van der Waals surface area contributed by atoms with Crippen molar-refractivity contribution in [2.24, 2.45) is 5.92 Å². The summed E-state index contributed by atoms with van der Waals surface area (Å²) in [4.78, 5) is 7.08. The Labute approximate surface area is 129 Å². The van der Waals surface area contributed by atoms with Gasteiger partial charge in [0.25, 0.3) is 0 Å². The Morgan fingerprint density at radius 1 is 1.24 bits per heavy atom. The Bertz CT molecular complexity index is 440. The third-order valence-corrected chi connectivity index (χ3v) is 5.18. The fourth-order valence-corrected chi connectivity index (χ4v) is 4.15. The van der Waals surface area contributed by atoms with Crippen molar-refractivity contribution >= 4 is 5.69 Å². The summed E-state index contributed by atoms with van der Waals surface area (Å²) < 4.78 is 0. The molecule has 1 N–H and O–H groups in total. The summed E-state index contributed by atoms with van der Waals surface area (Å²) in [5, 5.41) is 3.55. The van der Waals surface area contributed by atoms with Crippen LogP contribution >= 0.6 is 0 Å². The molecule has 21 heavy (non-hydrogen) atoms.